The molecule has 1 aromatic rings. The lowest BCUT2D eigenvalue weighted by Gasteiger charge is -2.37. The summed E-state index contributed by atoms with van der Waals surface area (Å²) in [7, 11) is 0. The van der Waals surface area contributed by atoms with Gasteiger partial charge < -0.3 is 15.2 Å². The van der Waals surface area contributed by atoms with Crippen LogP contribution in [0.1, 0.15) is 31.2 Å². The van der Waals surface area contributed by atoms with Gasteiger partial charge in [0, 0.05) is 37.2 Å². The zero-order valence-electron chi connectivity index (χ0n) is 13.4. The molecule has 24 heavy (non-hydrogen) atoms. The second-order valence-corrected chi connectivity index (χ2v) is 6.70. The van der Waals surface area contributed by atoms with E-state index in [9.17, 15) is 15.2 Å². The molecule has 128 valence electrons. The maximum atomic E-state index is 11.1. The van der Waals surface area contributed by atoms with Crippen LogP contribution in [0, 0.1) is 32.8 Å². The van der Waals surface area contributed by atoms with Crippen LogP contribution in [-0.4, -0.2) is 35.9 Å². The largest absolute Gasteiger partial charge is 0.392 e. The molecule has 1 saturated heterocycles. The Hall–Kier alpha value is -2.17. The highest BCUT2D eigenvalue weighted by Crippen LogP contribution is 2.48. The minimum Gasteiger partial charge on any atom is -0.392 e. The Kier molecular flexibility index (Phi) is 4.69. The summed E-state index contributed by atoms with van der Waals surface area (Å²) in [5.41, 5.74) is 0.586. The number of rotatable bonds is 4. The molecule has 2 atom stereocenters. The number of aliphatic hydroxyl groups is 1. The van der Waals surface area contributed by atoms with Gasteiger partial charge >= 0.3 is 0 Å². The molecule has 2 N–H and O–H groups in total. The van der Waals surface area contributed by atoms with Gasteiger partial charge in [0.1, 0.15) is 5.69 Å². The van der Waals surface area contributed by atoms with Crippen molar-refractivity contribution in [1.82, 2.24) is 0 Å². The average molecular weight is 331 g/mol. The molecule has 0 radical (unpaired) electrons. The summed E-state index contributed by atoms with van der Waals surface area (Å²) in [6.45, 7) is 1.83. The first-order valence-corrected chi connectivity index (χ1v) is 8.24. The Morgan fingerprint density at radius 1 is 1.42 bits per heavy atom. The highest BCUT2D eigenvalue weighted by Gasteiger charge is 2.48. The van der Waals surface area contributed by atoms with Crippen molar-refractivity contribution < 1.29 is 14.8 Å². The molecule has 1 aliphatic carbocycles. The summed E-state index contributed by atoms with van der Waals surface area (Å²) >= 11 is 0. The van der Waals surface area contributed by atoms with Gasteiger partial charge in [0.15, 0.2) is 0 Å². The van der Waals surface area contributed by atoms with Crippen LogP contribution in [0.5, 0.6) is 0 Å². The van der Waals surface area contributed by atoms with Crippen LogP contribution in [0.25, 0.3) is 0 Å². The number of nitro groups is 1. The van der Waals surface area contributed by atoms with Gasteiger partial charge in [-0.25, -0.2) is 0 Å². The zero-order valence-corrected chi connectivity index (χ0v) is 13.4. The molecule has 0 aromatic heterocycles. The van der Waals surface area contributed by atoms with Gasteiger partial charge in [-0.3, -0.25) is 10.1 Å². The van der Waals surface area contributed by atoms with Crippen molar-refractivity contribution in [3.63, 3.8) is 0 Å². The summed E-state index contributed by atoms with van der Waals surface area (Å²) in [4.78, 5) is 10.7. The van der Waals surface area contributed by atoms with E-state index in [0.29, 0.717) is 31.0 Å². The molecule has 2 aliphatic rings. The predicted molar refractivity (Wildman–Crippen MR) is 87.5 cm³/mol. The molecular weight excluding hydrogens is 310 g/mol. The third-order valence-electron chi connectivity index (χ3n) is 5.45. The first kappa shape index (κ1) is 16.7. The number of aliphatic hydroxyl groups excluding tert-OH is 1. The van der Waals surface area contributed by atoms with E-state index in [1.54, 1.807) is 0 Å². The molecule has 1 aliphatic heterocycles. The molecule has 0 bridgehead atoms. The summed E-state index contributed by atoms with van der Waals surface area (Å²) in [6.07, 6.45) is 3.17. The number of hydrogen-bond acceptors (Lipinski definition) is 6. The zero-order chi connectivity index (χ0) is 17.2. The highest BCUT2D eigenvalue weighted by molar-refractivity contribution is 5.64. The summed E-state index contributed by atoms with van der Waals surface area (Å²) in [5.74, 6) is 0.0495. The van der Waals surface area contributed by atoms with Gasteiger partial charge in [-0.15, -0.1) is 0 Å². The molecule has 0 amide bonds. The number of ether oxygens (including phenoxy) is 1. The molecule has 3 rings (SSSR count). The van der Waals surface area contributed by atoms with E-state index in [2.05, 4.69) is 5.32 Å². The van der Waals surface area contributed by atoms with E-state index < -0.39 is 11.0 Å². The third-order valence-corrected chi connectivity index (χ3v) is 5.45. The Bertz CT molecular complexity index is 664. The number of nitro benzene ring substituents is 1. The first-order valence-electron chi connectivity index (χ1n) is 8.24. The van der Waals surface area contributed by atoms with Crippen molar-refractivity contribution in [3.05, 3.63) is 33.9 Å². The fourth-order valence-electron chi connectivity index (χ4n) is 3.96. The second kappa shape index (κ2) is 6.75. The number of benzene rings is 1. The Labute approximate surface area is 140 Å². The SMILES string of the molecule is N#Cc1ccc([N+](=O)[O-])c(NC[C@H]2CCC3(CCOCC3)[C@H]2O)c1. The van der Waals surface area contributed by atoms with Crippen LogP contribution in [-0.2, 0) is 4.74 Å². The monoisotopic (exact) mass is 331 g/mol. The van der Waals surface area contributed by atoms with Crippen molar-refractivity contribution in [1.29, 1.82) is 5.26 Å². The van der Waals surface area contributed by atoms with E-state index in [1.807, 2.05) is 6.07 Å². The van der Waals surface area contributed by atoms with E-state index in [1.165, 1.54) is 18.2 Å². The van der Waals surface area contributed by atoms with E-state index in [0.717, 1.165) is 25.7 Å². The van der Waals surface area contributed by atoms with Crippen molar-refractivity contribution in [2.75, 3.05) is 25.1 Å². The third kappa shape index (κ3) is 3.07. The molecule has 1 saturated carbocycles. The maximum absolute atomic E-state index is 11.1. The minimum atomic E-state index is -0.464. The van der Waals surface area contributed by atoms with Crippen molar-refractivity contribution in [2.24, 2.45) is 11.3 Å². The second-order valence-electron chi connectivity index (χ2n) is 6.70. The predicted octanol–water partition coefficient (Wildman–Crippen LogP) is 2.45. The molecule has 2 fully saturated rings. The van der Waals surface area contributed by atoms with Crippen LogP contribution in [0.3, 0.4) is 0 Å². The topological polar surface area (TPSA) is 108 Å². The molecule has 1 aromatic carbocycles. The van der Waals surface area contributed by atoms with Gasteiger partial charge in [0.2, 0.25) is 0 Å². The molecule has 1 heterocycles. The average Bonchev–Trinajstić information content (AvgIpc) is 2.89. The minimum absolute atomic E-state index is 0.0495. The van der Waals surface area contributed by atoms with Crippen LogP contribution in [0.15, 0.2) is 18.2 Å². The molecule has 7 nitrogen and oxygen atoms in total. The molecular formula is C17H21N3O4. The van der Waals surface area contributed by atoms with Crippen LogP contribution >= 0.6 is 0 Å². The van der Waals surface area contributed by atoms with E-state index >= 15 is 0 Å². The normalized spacial score (nSPS) is 25.3. The molecule has 7 heteroatoms. The van der Waals surface area contributed by atoms with E-state index in [-0.39, 0.29) is 17.0 Å². The number of nitriles is 1. The fourth-order valence-corrected chi connectivity index (χ4v) is 3.96. The van der Waals surface area contributed by atoms with Crippen LogP contribution in [0.4, 0.5) is 11.4 Å². The Balaban J connectivity index is 1.70. The van der Waals surface area contributed by atoms with Crippen LogP contribution in [0.2, 0.25) is 0 Å². The van der Waals surface area contributed by atoms with Gasteiger partial charge in [-0.05, 0) is 37.8 Å². The quantitative estimate of drug-likeness (QED) is 0.648. The number of nitrogens with zero attached hydrogens (tertiary/aromatic N) is 2. The van der Waals surface area contributed by atoms with Crippen molar-refractivity contribution >= 4 is 11.4 Å². The molecule has 0 unspecified atom stereocenters. The van der Waals surface area contributed by atoms with Crippen LogP contribution < -0.4 is 5.32 Å². The molecule has 1 spiro atoms. The van der Waals surface area contributed by atoms with Gasteiger partial charge in [-0.1, -0.05) is 0 Å². The van der Waals surface area contributed by atoms with E-state index in [4.69, 9.17) is 10.00 Å². The van der Waals surface area contributed by atoms with Gasteiger partial charge in [0.25, 0.3) is 5.69 Å². The summed E-state index contributed by atoms with van der Waals surface area (Å²) in [5, 5.41) is 33.9. The standard InChI is InChI=1S/C17H21N3O4/c18-10-12-1-2-15(20(22)23)14(9-12)19-11-13-3-4-17(16(13)21)5-7-24-8-6-17/h1-2,9,13,16,19,21H,3-8,11H2/t13-,16+/m1/s1. The lowest BCUT2D eigenvalue weighted by molar-refractivity contribution is -0.384. The van der Waals surface area contributed by atoms with Crippen molar-refractivity contribution in [2.45, 2.75) is 31.8 Å². The fraction of sp³-hybridized carbons (Fsp3) is 0.588. The Morgan fingerprint density at radius 2 is 2.17 bits per heavy atom. The summed E-state index contributed by atoms with van der Waals surface area (Å²) in [6, 6.07) is 6.26. The number of hydrogen-bond donors (Lipinski definition) is 2. The smallest absolute Gasteiger partial charge is 0.292 e. The number of anilines is 1. The maximum Gasteiger partial charge on any atom is 0.292 e. The van der Waals surface area contributed by atoms with Crippen molar-refractivity contribution in [3.8, 4) is 6.07 Å². The highest BCUT2D eigenvalue weighted by atomic mass is 16.6. The lowest BCUT2D eigenvalue weighted by atomic mass is 9.76. The lowest BCUT2D eigenvalue weighted by Crippen LogP contribution is -2.40. The summed E-state index contributed by atoms with van der Waals surface area (Å²) < 4.78 is 5.40. The number of nitrogens with one attached hydrogen (secondary N) is 1. The first-order chi connectivity index (χ1) is 11.6. The van der Waals surface area contributed by atoms with Gasteiger partial charge in [0.05, 0.1) is 22.7 Å². The Morgan fingerprint density at radius 3 is 2.83 bits per heavy atom. The van der Waals surface area contributed by atoms with Gasteiger partial charge in [-0.2, -0.15) is 5.26 Å².